The van der Waals surface area contributed by atoms with Gasteiger partial charge < -0.3 is 4.74 Å². The Balaban J connectivity index is 2.59. The van der Waals surface area contributed by atoms with Crippen molar-refractivity contribution in [2.24, 2.45) is 0 Å². The van der Waals surface area contributed by atoms with Crippen LogP contribution in [0.3, 0.4) is 0 Å². The predicted molar refractivity (Wildman–Crippen MR) is 50.6 cm³/mol. The normalized spacial score (nSPS) is 12.2. The second-order valence-electron chi connectivity index (χ2n) is 2.03. The van der Waals surface area contributed by atoms with Crippen LogP contribution in [0.5, 0.6) is 5.75 Å². The Morgan fingerprint density at radius 2 is 2.00 bits per heavy atom. The van der Waals surface area contributed by atoms with Gasteiger partial charge >= 0.3 is 5.97 Å². The zero-order chi connectivity index (χ0) is 8.97. The highest BCUT2D eigenvalue weighted by atomic mass is 79.9. The lowest BCUT2D eigenvalue weighted by molar-refractivity contribution is -0.132. The molecule has 1 aromatic rings. The molecule has 0 radical (unpaired) electrons. The first-order valence-corrected chi connectivity index (χ1v) is 4.60. The minimum absolute atomic E-state index is 0.493. The fraction of sp³-hybridized carbons (Fsp3) is 0.125. The molecule has 0 bridgehead atoms. The van der Waals surface area contributed by atoms with Crippen molar-refractivity contribution in [3.8, 4) is 5.75 Å². The van der Waals surface area contributed by atoms with Crippen LogP contribution in [0, 0.1) is 0 Å². The van der Waals surface area contributed by atoms with E-state index < -0.39 is 10.3 Å². The molecule has 0 saturated heterocycles. The van der Waals surface area contributed by atoms with Gasteiger partial charge in [-0.1, -0.05) is 45.7 Å². The Morgan fingerprint density at radius 1 is 1.42 bits per heavy atom. The lowest BCUT2D eigenvalue weighted by Gasteiger charge is -2.02. The van der Waals surface area contributed by atoms with Crippen molar-refractivity contribution in [1.82, 2.24) is 0 Å². The Kier molecular flexibility index (Phi) is 3.56. The largest absolute Gasteiger partial charge is 0.425 e. The van der Waals surface area contributed by atoms with Gasteiger partial charge in [0.2, 0.25) is 0 Å². The maximum atomic E-state index is 10.9. The molecule has 12 heavy (non-hydrogen) atoms. The van der Waals surface area contributed by atoms with Gasteiger partial charge in [-0.3, -0.25) is 0 Å². The van der Waals surface area contributed by atoms with E-state index in [1.807, 2.05) is 6.07 Å². The third-order valence-corrected chi connectivity index (χ3v) is 1.69. The summed E-state index contributed by atoms with van der Waals surface area (Å²) in [4.78, 5) is 10.9. The number of carbonyl (C=O) groups excluding carboxylic acids is 1. The van der Waals surface area contributed by atoms with Crippen LogP contribution in [0.4, 0.5) is 0 Å². The van der Waals surface area contributed by atoms with Crippen molar-refractivity contribution in [1.29, 1.82) is 0 Å². The number of hydrogen-bond donors (Lipinski definition) is 0. The lowest BCUT2D eigenvalue weighted by atomic mass is 10.3. The van der Waals surface area contributed by atoms with Gasteiger partial charge in [-0.15, -0.1) is 0 Å². The molecule has 0 spiro atoms. The predicted octanol–water partition coefficient (Wildman–Crippen LogP) is 2.55. The fourth-order valence-corrected chi connectivity index (χ4v) is 0.787. The Hall–Kier alpha value is -0.540. The van der Waals surface area contributed by atoms with Gasteiger partial charge in [-0.25, -0.2) is 4.79 Å². The number of esters is 1. The third kappa shape index (κ3) is 2.83. The summed E-state index contributed by atoms with van der Waals surface area (Å²) in [6, 6.07) is 8.76. The summed E-state index contributed by atoms with van der Waals surface area (Å²) in [5, 5.41) is 0. The van der Waals surface area contributed by atoms with Crippen molar-refractivity contribution in [3.63, 3.8) is 0 Å². The zero-order valence-corrected chi connectivity index (χ0v) is 8.38. The van der Waals surface area contributed by atoms with Gasteiger partial charge in [-0.05, 0) is 12.1 Å². The highest BCUT2D eigenvalue weighted by Gasteiger charge is 2.12. The van der Waals surface area contributed by atoms with E-state index in [4.69, 9.17) is 16.3 Å². The molecule has 4 heteroatoms. The van der Waals surface area contributed by atoms with E-state index in [0.717, 1.165) is 0 Å². The van der Waals surface area contributed by atoms with E-state index in [1.165, 1.54) is 0 Å². The van der Waals surface area contributed by atoms with Gasteiger partial charge in [0.05, 0.1) is 0 Å². The van der Waals surface area contributed by atoms with Crippen LogP contribution in [0.2, 0.25) is 0 Å². The van der Waals surface area contributed by atoms with E-state index in [-0.39, 0.29) is 0 Å². The zero-order valence-electron chi connectivity index (χ0n) is 6.04. The van der Waals surface area contributed by atoms with Crippen LogP contribution < -0.4 is 4.74 Å². The van der Waals surface area contributed by atoms with Gasteiger partial charge in [0, 0.05) is 0 Å². The number of rotatable bonds is 2. The second kappa shape index (κ2) is 4.48. The molecule has 1 unspecified atom stereocenters. The van der Waals surface area contributed by atoms with E-state index in [0.29, 0.717) is 5.75 Å². The molecular formula is C8H6BrClO2. The summed E-state index contributed by atoms with van der Waals surface area (Å²) in [5.74, 6) is -0.0181. The van der Waals surface area contributed by atoms with Crippen molar-refractivity contribution in [2.45, 2.75) is 4.29 Å². The molecular weight excluding hydrogens is 243 g/mol. The summed E-state index contributed by atoms with van der Waals surface area (Å²) < 4.78 is 4.06. The first kappa shape index (κ1) is 9.55. The molecule has 0 aromatic heterocycles. The summed E-state index contributed by atoms with van der Waals surface area (Å²) in [7, 11) is 0. The van der Waals surface area contributed by atoms with E-state index in [9.17, 15) is 4.79 Å². The molecule has 0 fully saturated rings. The molecule has 2 nitrogen and oxygen atoms in total. The molecule has 0 heterocycles. The van der Waals surface area contributed by atoms with E-state index in [1.54, 1.807) is 24.3 Å². The third-order valence-electron chi connectivity index (χ3n) is 1.14. The number of carbonyl (C=O) groups is 1. The van der Waals surface area contributed by atoms with Crippen LogP contribution in [0.15, 0.2) is 30.3 Å². The molecule has 1 aromatic carbocycles. The minimum Gasteiger partial charge on any atom is -0.425 e. The number of alkyl halides is 2. The van der Waals surface area contributed by atoms with Gasteiger partial charge in [0.1, 0.15) is 5.75 Å². The SMILES string of the molecule is O=C(Oc1ccccc1)C(Cl)Br. The molecule has 0 aliphatic carbocycles. The number of hydrogen-bond acceptors (Lipinski definition) is 2. The molecule has 1 rings (SSSR count). The Bertz CT molecular complexity index is 261. The molecule has 0 amide bonds. The number of halogens is 2. The Morgan fingerprint density at radius 3 is 2.50 bits per heavy atom. The molecule has 64 valence electrons. The Labute approximate surface area is 83.6 Å². The lowest BCUT2D eigenvalue weighted by Crippen LogP contribution is -2.14. The van der Waals surface area contributed by atoms with Crippen LogP contribution in [0.1, 0.15) is 0 Å². The topological polar surface area (TPSA) is 26.3 Å². The van der Waals surface area contributed by atoms with Crippen LogP contribution in [0.25, 0.3) is 0 Å². The van der Waals surface area contributed by atoms with E-state index >= 15 is 0 Å². The van der Waals surface area contributed by atoms with Crippen molar-refractivity contribution < 1.29 is 9.53 Å². The number of benzene rings is 1. The van der Waals surface area contributed by atoms with Gasteiger partial charge in [0.15, 0.2) is 4.29 Å². The van der Waals surface area contributed by atoms with Crippen molar-refractivity contribution in [3.05, 3.63) is 30.3 Å². The van der Waals surface area contributed by atoms with E-state index in [2.05, 4.69) is 15.9 Å². The first-order chi connectivity index (χ1) is 5.70. The average Bonchev–Trinajstić information content (AvgIpc) is 2.06. The van der Waals surface area contributed by atoms with Crippen LogP contribution in [-0.2, 0) is 4.79 Å². The minimum atomic E-state index is -0.794. The van der Waals surface area contributed by atoms with Crippen molar-refractivity contribution in [2.75, 3.05) is 0 Å². The molecule has 0 N–H and O–H groups in total. The number of ether oxygens (including phenoxy) is 1. The fourth-order valence-electron chi connectivity index (χ4n) is 0.649. The molecule has 1 atom stereocenters. The van der Waals surface area contributed by atoms with Gasteiger partial charge in [-0.2, -0.15) is 0 Å². The summed E-state index contributed by atoms with van der Waals surface area (Å²) in [6.45, 7) is 0. The molecule has 0 aliphatic heterocycles. The highest BCUT2D eigenvalue weighted by Crippen LogP contribution is 2.13. The van der Waals surface area contributed by atoms with Crippen LogP contribution >= 0.6 is 27.5 Å². The molecule has 0 aliphatic rings. The maximum Gasteiger partial charge on any atom is 0.340 e. The van der Waals surface area contributed by atoms with Gasteiger partial charge in [0.25, 0.3) is 0 Å². The second-order valence-corrected chi connectivity index (χ2v) is 3.91. The monoisotopic (exact) mass is 248 g/mol. The summed E-state index contributed by atoms with van der Waals surface area (Å²) >= 11 is 8.31. The maximum absolute atomic E-state index is 10.9. The summed E-state index contributed by atoms with van der Waals surface area (Å²) in [6.07, 6.45) is 0. The average molecular weight is 249 g/mol. The van der Waals surface area contributed by atoms with Crippen LogP contribution in [-0.4, -0.2) is 10.3 Å². The standard InChI is InChI=1S/C8H6BrClO2/c9-7(10)8(11)12-6-4-2-1-3-5-6/h1-5,7H. The smallest absolute Gasteiger partial charge is 0.340 e. The van der Waals surface area contributed by atoms with Crippen molar-refractivity contribution >= 4 is 33.5 Å². The first-order valence-electron chi connectivity index (χ1n) is 3.25. The number of para-hydroxylation sites is 1. The summed E-state index contributed by atoms with van der Waals surface area (Å²) in [5.41, 5.74) is 0. The molecule has 0 saturated carbocycles. The highest BCUT2D eigenvalue weighted by molar-refractivity contribution is 9.10. The quantitative estimate of drug-likeness (QED) is 0.457.